The molecule has 1 aliphatic heterocycles. The summed E-state index contributed by atoms with van der Waals surface area (Å²) in [6.07, 6.45) is 3.59. The summed E-state index contributed by atoms with van der Waals surface area (Å²) in [5, 5.41) is 4.95. The van der Waals surface area contributed by atoms with Crippen molar-refractivity contribution in [1.82, 2.24) is 15.1 Å². The smallest absolute Gasteiger partial charge is 0.334 e. The SMILES string of the molecule is C[C@H](NC(=O)CN1C(=O)C(=O)N([C@H]2CCCC[C@H]2C)C1=O)c1cccc2ccccc12. The Morgan fingerprint density at radius 3 is 2.52 bits per heavy atom. The second kappa shape index (κ2) is 8.49. The topological polar surface area (TPSA) is 86.8 Å². The summed E-state index contributed by atoms with van der Waals surface area (Å²) in [5.74, 6) is -2.07. The highest BCUT2D eigenvalue weighted by Crippen LogP contribution is 2.31. The van der Waals surface area contributed by atoms with Crippen molar-refractivity contribution in [3.05, 3.63) is 48.0 Å². The first-order chi connectivity index (χ1) is 14.9. The molecule has 2 aromatic carbocycles. The van der Waals surface area contributed by atoms with Crippen LogP contribution in [0.4, 0.5) is 4.79 Å². The maximum atomic E-state index is 12.9. The van der Waals surface area contributed by atoms with Gasteiger partial charge in [-0.2, -0.15) is 0 Å². The van der Waals surface area contributed by atoms with Crippen molar-refractivity contribution >= 4 is 34.5 Å². The molecule has 1 aliphatic carbocycles. The number of carbonyl (C=O) groups excluding carboxylic acids is 4. The number of urea groups is 1. The minimum Gasteiger partial charge on any atom is -0.348 e. The molecule has 4 rings (SSSR count). The summed E-state index contributed by atoms with van der Waals surface area (Å²) < 4.78 is 0. The van der Waals surface area contributed by atoms with Crippen molar-refractivity contribution in [2.45, 2.75) is 51.6 Å². The molecule has 1 N–H and O–H groups in total. The van der Waals surface area contributed by atoms with Gasteiger partial charge in [-0.3, -0.25) is 19.3 Å². The van der Waals surface area contributed by atoms with Crippen LogP contribution in [-0.4, -0.2) is 46.1 Å². The van der Waals surface area contributed by atoms with Gasteiger partial charge in [-0.05, 0) is 42.0 Å². The highest BCUT2D eigenvalue weighted by Gasteiger charge is 2.49. The van der Waals surface area contributed by atoms with Crippen molar-refractivity contribution in [3.8, 4) is 0 Å². The Balaban J connectivity index is 1.46. The van der Waals surface area contributed by atoms with E-state index in [0.29, 0.717) is 6.42 Å². The van der Waals surface area contributed by atoms with Crippen molar-refractivity contribution in [2.75, 3.05) is 6.54 Å². The molecule has 2 aromatic rings. The van der Waals surface area contributed by atoms with Gasteiger partial charge in [-0.25, -0.2) is 9.69 Å². The van der Waals surface area contributed by atoms with E-state index >= 15 is 0 Å². The number of amides is 5. The van der Waals surface area contributed by atoms with Crippen LogP contribution in [0.3, 0.4) is 0 Å². The Kier molecular flexibility index (Phi) is 5.76. The Bertz CT molecular complexity index is 1040. The normalized spacial score (nSPS) is 22.8. The number of hydrogen-bond donors (Lipinski definition) is 1. The van der Waals surface area contributed by atoms with E-state index < -0.39 is 30.3 Å². The molecule has 2 fully saturated rings. The number of nitrogens with one attached hydrogen (secondary N) is 1. The van der Waals surface area contributed by atoms with E-state index in [2.05, 4.69) is 5.32 Å². The van der Waals surface area contributed by atoms with Crippen LogP contribution in [0.1, 0.15) is 51.1 Å². The second-order valence-electron chi connectivity index (χ2n) is 8.54. The number of rotatable bonds is 5. The lowest BCUT2D eigenvalue weighted by atomic mass is 9.85. The summed E-state index contributed by atoms with van der Waals surface area (Å²) in [5.41, 5.74) is 0.944. The zero-order valence-electron chi connectivity index (χ0n) is 17.8. The summed E-state index contributed by atoms with van der Waals surface area (Å²) >= 11 is 0. The zero-order chi connectivity index (χ0) is 22.1. The molecule has 1 saturated carbocycles. The van der Waals surface area contributed by atoms with Crippen molar-refractivity contribution in [3.63, 3.8) is 0 Å². The largest absolute Gasteiger partial charge is 0.348 e. The van der Waals surface area contributed by atoms with Gasteiger partial charge in [0.25, 0.3) is 0 Å². The standard InChI is InChI=1S/C24H27N3O4/c1-15-8-3-6-13-20(15)27-23(30)22(29)26(24(27)31)14-21(28)25-16(2)18-12-7-10-17-9-4-5-11-19(17)18/h4-5,7,9-12,15-16,20H,3,6,8,13-14H2,1-2H3,(H,25,28)/t15-,16+,20+/m1/s1. The van der Waals surface area contributed by atoms with Gasteiger partial charge in [0, 0.05) is 6.04 Å². The van der Waals surface area contributed by atoms with Crippen LogP contribution in [0, 0.1) is 5.92 Å². The molecule has 0 unspecified atom stereocenters. The van der Waals surface area contributed by atoms with Gasteiger partial charge in [0.2, 0.25) is 5.91 Å². The van der Waals surface area contributed by atoms with Gasteiger partial charge in [0.1, 0.15) is 6.54 Å². The minimum absolute atomic E-state index is 0.148. The molecule has 31 heavy (non-hydrogen) atoms. The van der Waals surface area contributed by atoms with Crippen LogP contribution < -0.4 is 5.32 Å². The predicted molar refractivity (Wildman–Crippen MR) is 116 cm³/mol. The first-order valence-electron chi connectivity index (χ1n) is 10.8. The molecule has 3 atom stereocenters. The molecule has 0 aromatic heterocycles. The average Bonchev–Trinajstić information content (AvgIpc) is 2.97. The lowest BCUT2D eigenvalue weighted by molar-refractivity contribution is -0.145. The van der Waals surface area contributed by atoms with Crippen LogP contribution in [0.25, 0.3) is 10.8 Å². The summed E-state index contributed by atoms with van der Waals surface area (Å²) in [4.78, 5) is 52.4. The van der Waals surface area contributed by atoms with E-state index in [4.69, 9.17) is 0 Å². The van der Waals surface area contributed by atoms with Crippen molar-refractivity contribution in [1.29, 1.82) is 0 Å². The number of carbonyl (C=O) groups is 4. The number of benzene rings is 2. The molecule has 0 bridgehead atoms. The third kappa shape index (κ3) is 3.92. The molecule has 162 valence electrons. The lowest BCUT2D eigenvalue weighted by Crippen LogP contribution is -2.47. The fourth-order valence-corrected chi connectivity index (χ4v) is 4.77. The van der Waals surface area contributed by atoms with Crippen LogP contribution in [0.15, 0.2) is 42.5 Å². The van der Waals surface area contributed by atoms with Crippen LogP contribution in [0.5, 0.6) is 0 Å². The minimum atomic E-state index is -0.921. The van der Waals surface area contributed by atoms with E-state index in [1.54, 1.807) is 0 Å². The second-order valence-corrected chi connectivity index (χ2v) is 8.54. The van der Waals surface area contributed by atoms with Gasteiger partial charge < -0.3 is 5.32 Å². The van der Waals surface area contributed by atoms with Gasteiger partial charge >= 0.3 is 17.8 Å². The highest BCUT2D eigenvalue weighted by atomic mass is 16.2. The van der Waals surface area contributed by atoms with E-state index in [-0.39, 0.29) is 18.0 Å². The van der Waals surface area contributed by atoms with Crippen LogP contribution in [0.2, 0.25) is 0 Å². The third-order valence-electron chi connectivity index (χ3n) is 6.45. The Hall–Kier alpha value is -3.22. The molecule has 5 amide bonds. The molecule has 1 heterocycles. The number of nitrogens with zero attached hydrogens (tertiary/aromatic N) is 2. The Morgan fingerprint density at radius 1 is 1.03 bits per heavy atom. The monoisotopic (exact) mass is 421 g/mol. The number of hydrogen-bond acceptors (Lipinski definition) is 4. The third-order valence-corrected chi connectivity index (χ3v) is 6.45. The molecule has 2 aliphatic rings. The Labute approximate surface area is 181 Å². The highest BCUT2D eigenvalue weighted by molar-refractivity contribution is 6.45. The fraction of sp³-hybridized carbons (Fsp3) is 0.417. The first-order valence-corrected chi connectivity index (χ1v) is 10.8. The van der Waals surface area contributed by atoms with Crippen molar-refractivity contribution < 1.29 is 19.2 Å². The van der Waals surface area contributed by atoms with E-state index in [9.17, 15) is 19.2 Å². The van der Waals surface area contributed by atoms with E-state index in [0.717, 1.165) is 45.4 Å². The zero-order valence-corrected chi connectivity index (χ0v) is 17.8. The predicted octanol–water partition coefficient (Wildman–Crippen LogP) is 3.39. The molecule has 7 nitrogen and oxygen atoms in total. The van der Waals surface area contributed by atoms with Crippen molar-refractivity contribution in [2.24, 2.45) is 5.92 Å². The molecule has 7 heteroatoms. The van der Waals surface area contributed by atoms with Crippen LogP contribution in [-0.2, 0) is 14.4 Å². The van der Waals surface area contributed by atoms with E-state index in [1.807, 2.05) is 56.3 Å². The molecule has 0 radical (unpaired) electrons. The molecular formula is C24H27N3O4. The van der Waals surface area contributed by atoms with Gasteiger partial charge in [0.05, 0.1) is 6.04 Å². The van der Waals surface area contributed by atoms with Gasteiger partial charge in [0.15, 0.2) is 0 Å². The molecular weight excluding hydrogens is 394 g/mol. The van der Waals surface area contributed by atoms with Crippen LogP contribution >= 0.6 is 0 Å². The lowest BCUT2D eigenvalue weighted by Gasteiger charge is -2.34. The molecule has 1 saturated heterocycles. The Morgan fingerprint density at radius 2 is 1.74 bits per heavy atom. The molecule has 0 spiro atoms. The average molecular weight is 421 g/mol. The number of fused-ring (bicyclic) bond motifs is 1. The van der Waals surface area contributed by atoms with Gasteiger partial charge in [-0.1, -0.05) is 62.2 Å². The quantitative estimate of drug-likeness (QED) is 0.592. The summed E-state index contributed by atoms with van der Waals surface area (Å²) in [7, 11) is 0. The maximum Gasteiger partial charge on any atom is 0.334 e. The maximum absolute atomic E-state index is 12.9. The summed E-state index contributed by atoms with van der Waals surface area (Å²) in [6.45, 7) is 3.39. The fourth-order valence-electron chi connectivity index (χ4n) is 4.77. The van der Waals surface area contributed by atoms with Gasteiger partial charge in [-0.15, -0.1) is 0 Å². The first kappa shape index (κ1) is 21.0. The summed E-state index contributed by atoms with van der Waals surface area (Å²) in [6, 6.07) is 12.5. The van der Waals surface area contributed by atoms with E-state index in [1.165, 1.54) is 0 Å². The number of imide groups is 2.